The summed E-state index contributed by atoms with van der Waals surface area (Å²) in [5.74, 6) is 1.48. The van der Waals surface area contributed by atoms with Gasteiger partial charge in [0.2, 0.25) is 0 Å². The fourth-order valence-corrected chi connectivity index (χ4v) is 3.53. The summed E-state index contributed by atoms with van der Waals surface area (Å²) in [6.07, 6.45) is 6.43. The third kappa shape index (κ3) is 5.47. The molecule has 0 aromatic carbocycles. The van der Waals surface area contributed by atoms with Crippen molar-refractivity contribution in [3.63, 3.8) is 0 Å². The van der Waals surface area contributed by atoms with E-state index in [9.17, 15) is 0 Å². The number of likely N-dealkylation sites (N-methyl/N-ethyl adjacent to an activating group) is 1. The van der Waals surface area contributed by atoms with Gasteiger partial charge in [0, 0.05) is 12.6 Å². The van der Waals surface area contributed by atoms with Crippen molar-refractivity contribution in [2.45, 2.75) is 45.1 Å². The Balaban J connectivity index is 1.60. The van der Waals surface area contributed by atoms with Crippen LogP contribution in [-0.2, 0) is 0 Å². The maximum absolute atomic E-state index is 5.99. The van der Waals surface area contributed by atoms with E-state index in [-0.39, 0.29) is 0 Å². The van der Waals surface area contributed by atoms with Crippen LogP contribution in [0, 0.1) is 5.92 Å². The number of likely N-dealkylation sites (tertiary alicyclic amines) is 2. The normalized spacial score (nSPS) is 26.4. The van der Waals surface area contributed by atoms with E-state index in [0.717, 1.165) is 25.6 Å². The molecular weight excluding hydrogens is 262 g/mol. The third-order valence-corrected chi connectivity index (χ3v) is 5.07. The van der Waals surface area contributed by atoms with Crippen molar-refractivity contribution in [1.82, 2.24) is 15.1 Å². The molecule has 0 bridgehead atoms. The second-order valence-corrected chi connectivity index (χ2v) is 6.61. The highest BCUT2D eigenvalue weighted by molar-refractivity contribution is 5.77. The summed E-state index contributed by atoms with van der Waals surface area (Å²) in [4.78, 5) is 9.46. The van der Waals surface area contributed by atoms with Crippen LogP contribution in [0.5, 0.6) is 0 Å². The fourth-order valence-electron chi connectivity index (χ4n) is 3.53. The molecule has 0 aliphatic carbocycles. The topological polar surface area (TPSA) is 56.9 Å². The van der Waals surface area contributed by atoms with Gasteiger partial charge in [0.1, 0.15) is 0 Å². The average Bonchev–Trinajstić information content (AvgIpc) is 2.95. The molecule has 2 fully saturated rings. The lowest BCUT2D eigenvalue weighted by Gasteiger charge is -2.28. The van der Waals surface area contributed by atoms with Crippen molar-refractivity contribution >= 4 is 5.96 Å². The molecule has 2 rings (SSSR count). The van der Waals surface area contributed by atoms with Gasteiger partial charge in [0.25, 0.3) is 0 Å². The van der Waals surface area contributed by atoms with Gasteiger partial charge in [-0.3, -0.25) is 9.89 Å². The lowest BCUT2D eigenvalue weighted by atomic mass is 9.94. The van der Waals surface area contributed by atoms with E-state index in [0.29, 0.717) is 12.0 Å². The first-order valence-corrected chi connectivity index (χ1v) is 8.65. The molecule has 2 aliphatic rings. The van der Waals surface area contributed by atoms with Crippen molar-refractivity contribution in [3.05, 3.63) is 0 Å². The standard InChI is InChI=1S/C16H33N5/c1-3-21-10-4-5-15(21)13-19-16(17)18-9-6-14-7-11-20(2)12-8-14/h14-15H,3-13H2,1-2H3,(H3,17,18,19). The summed E-state index contributed by atoms with van der Waals surface area (Å²) in [5.41, 5.74) is 5.99. The molecule has 0 aromatic rings. The Hall–Kier alpha value is -0.810. The van der Waals surface area contributed by atoms with Crippen molar-refractivity contribution in [2.24, 2.45) is 16.6 Å². The highest BCUT2D eigenvalue weighted by Gasteiger charge is 2.22. The second kappa shape index (κ2) is 8.59. The van der Waals surface area contributed by atoms with Gasteiger partial charge >= 0.3 is 0 Å². The molecule has 122 valence electrons. The second-order valence-electron chi connectivity index (χ2n) is 6.61. The van der Waals surface area contributed by atoms with E-state index in [1.807, 2.05) is 0 Å². The molecule has 5 nitrogen and oxygen atoms in total. The molecule has 0 spiro atoms. The van der Waals surface area contributed by atoms with Crippen molar-refractivity contribution in [1.29, 1.82) is 0 Å². The predicted octanol–water partition coefficient (Wildman–Crippen LogP) is 1.11. The quantitative estimate of drug-likeness (QED) is 0.569. The number of nitrogens with one attached hydrogen (secondary N) is 1. The Morgan fingerprint density at radius 2 is 2.00 bits per heavy atom. The van der Waals surface area contributed by atoms with Gasteiger partial charge in [0.05, 0.1) is 6.54 Å². The minimum atomic E-state index is 0.601. The first kappa shape index (κ1) is 16.6. The number of nitrogens with two attached hydrogens (primary N) is 1. The monoisotopic (exact) mass is 295 g/mol. The van der Waals surface area contributed by atoms with Crippen molar-refractivity contribution in [3.8, 4) is 0 Å². The molecule has 0 amide bonds. The Kier molecular flexibility index (Phi) is 6.77. The summed E-state index contributed by atoms with van der Waals surface area (Å²) in [6, 6.07) is 0.601. The number of rotatable bonds is 6. The Morgan fingerprint density at radius 1 is 1.24 bits per heavy atom. The van der Waals surface area contributed by atoms with Gasteiger partial charge in [-0.05, 0) is 71.2 Å². The smallest absolute Gasteiger partial charge is 0.188 e. The maximum Gasteiger partial charge on any atom is 0.188 e. The van der Waals surface area contributed by atoms with E-state index in [1.165, 1.54) is 51.7 Å². The number of hydrogen-bond acceptors (Lipinski definition) is 3. The van der Waals surface area contributed by atoms with Crippen LogP contribution in [0.25, 0.3) is 0 Å². The number of nitrogens with zero attached hydrogens (tertiary/aromatic N) is 3. The fraction of sp³-hybridized carbons (Fsp3) is 0.938. The lowest BCUT2D eigenvalue weighted by molar-refractivity contribution is 0.213. The molecule has 2 heterocycles. The van der Waals surface area contributed by atoms with E-state index in [1.54, 1.807) is 0 Å². The summed E-state index contributed by atoms with van der Waals surface area (Å²) >= 11 is 0. The number of piperidine rings is 1. The molecule has 1 atom stereocenters. The lowest BCUT2D eigenvalue weighted by Crippen LogP contribution is -2.37. The van der Waals surface area contributed by atoms with Gasteiger partial charge in [-0.15, -0.1) is 0 Å². The molecule has 1 unspecified atom stereocenters. The molecule has 2 aliphatic heterocycles. The molecule has 0 saturated carbocycles. The maximum atomic E-state index is 5.99. The molecule has 0 aromatic heterocycles. The first-order chi connectivity index (χ1) is 10.2. The van der Waals surface area contributed by atoms with E-state index in [2.05, 4.69) is 34.1 Å². The molecule has 3 N–H and O–H groups in total. The van der Waals surface area contributed by atoms with Gasteiger partial charge in [-0.2, -0.15) is 0 Å². The van der Waals surface area contributed by atoms with Crippen LogP contribution in [0.3, 0.4) is 0 Å². The zero-order chi connectivity index (χ0) is 15.1. The summed E-state index contributed by atoms with van der Waals surface area (Å²) in [7, 11) is 2.21. The van der Waals surface area contributed by atoms with Gasteiger partial charge in [-0.1, -0.05) is 6.92 Å². The number of guanidine groups is 1. The minimum absolute atomic E-state index is 0.601. The van der Waals surface area contributed by atoms with Crippen molar-refractivity contribution in [2.75, 3.05) is 46.3 Å². The van der Waals surface area contributed by atoms with Crippen LogP contribution in [0.2, 0.25) is 0 Å². The summed E-state index contributed by atoms with van der Waals surface area (Å²) in [5, 5.41) is 3.29. The van der Waals surface area contributed by atoms with Gasteiger partial charge in [-0.25, -0.2) is 0 Å². The van der Waals surface area contributed by atoms with Crippen LogP contribution in [0.15, 0.2) is 4.99 Å². The van der Waals surface area contributed by atoms with Crippen LogP contribution < -0.4 is 11.1 Å². The highest BCUT2D eigenvalue weighted by atomic mass is 15.2. The Bertz CT molecular complexity index is 323. The van der Waals surface area contributed by atoms with Crippen molar-refractivity contribution < 1.29 is 0 Å². The average molecular weight is 295 g/mol. The molecule has 0 radical (unpaired) electrons. The molecular formula is C16H33N5. The zero-order valence-corrected chi connectivity index (χ0v) is 13.9. The van der Waals surface area contributed by atoms with Gasteiger partial charge < -0.3 is 16.0 Å². The zero-order valence-electron chi connectivity index (χ0n) is 13.9. The summed E-state index contributed by atoms with van der Waals surface area (Å²) in [6.45, 7) is 8.87. The van der Waals surface area contributed by atoms with Gasteiger partial charge in [0.15, 0.2) is 5.96 Å². The van der Waals surface area contributed by atoms with E-state index >= 15 is 0 Å². The number of hydrogen-bond donors (Lipinski definition) is 2. The Labute approximate surface area is 130 Å². The molecule has 21 heavy (non-hydrogen) atoms. The SMILES string of the molecule is CCN1CCCC1CN=C(N)NCCC1CCN(C)CC1. The Morgan fingerprint density at radius 3 is 2.71 bits per heavy atom. The molecule has 2 saturated heterocycles. The van der Waals surface area contributed by atoms with Crippen LogP contribution in [-0.4, -0.2) is 68.1 Å². The minimum Gasteiger partial charge on any atom is -0.370 e. The largest absolute Gasteiger partial charge is 0.370 e. The predicted molar refractivity (Wildman–Crippen MR) is 89.6 cm³/mol. The van der Waals surface area contributed by atoms with E-state index < -0.39 is 0 Å². The summed E-state index contributed by atoms with van der Waals surface area (Å²) < 4.78 is 0. The van der Waals surface area contributed by atoms with Crippen LogP contribution in [0.1, 0.15) is 39.0 Å². The van der Waals surface area contributed by atoms with Crippen LogP contribution in [0.4, 0.5) is 0 Å². The van der Waals surface area contributed by atoms with E-state index in [4.69, 9.17) is 5.73 Å². The third-order valence-electron chi connectivity index (χ3n) is 5.07. The highest BCUT2D eigenvalue weighted by Crippen LogP contribution is 2.18. The number of aliphatic imine (C=N–C) groups is 1. The molecule has 5 heteroatoms. The first-order valence-electron chi connectivity index (χ1n) is 8.65. The van der Waals surface area contributed by atoms with Crippen LogP contribution >= 0.6 is 0 Å².